The van der Waals surface area contributed by atoms with E-state index >= 15 is 0 Å². The van der Waals surface area contributed by atoms with Crippen LogP contribution in [0.2, 0.25) is 0 Å². The summed E-state index contributed by atoms with van der Waals surface area (Å²) in [6.45, 7) is 1.65. The number of rotatable bonds is 5. The third kappa shape index (κ3) is 4.19. The molecule has 0 aliphatic heterocycles. The van der Waals surface area contributed by atoms with Gasteiger partial charge in [0.15, 0.2) is 11.2 Å². The summed E-state index contributed by atoms with van der Waals surface area (Å²) in [6.07, 6.45) is 0.996. The van der Waals surface area contributed by atoms with Crippen molar-refractivity contribution < 1.29 is 9.53 Å². The van der Waals surface area contributed by atoms with Crippen LogP contribution >= 0.6 is 11.3 Å². The first-order valence-electron chi connectivity index (χ1n) is 7.50. The molecule has 1 N–H and O–H groups in total. The Morgan fingerprint density at radius 1 is 1.24 bits per heavy atom. The number of aromatic nitrogens is 2. The lowest BCUT2D eigenvalue weighted by atomic mass is 10.2. The minimum absolute atomic E-state index is 0.300. The Bertz CT molecular complexity index is 901. The Balaban J connectivity index is 1.61. The normalized spacial score (nSPS) is 11.4. The lowest BCUT2D eigenvalue weighted by Crippen LogP contribution is -2.30. The van der Waals surface area contributed by atoms with Gasteiger partial charge in [-0.2, -0.15) is 5.26 Å². The van der Waals surface area contributed by atoms with Gasteiger partial charge in [0, 0.05) is 11.6 Å². The number of anilines is 1. The van der Waals surface area contributed by atoms with Gasteiger partial charge >= 0.3 is 0 Å². The van der Waals surface area contributed by atoms with E-state index in [1.807, 2.05) is 29.6 Å². The molecule has 3 rings (SSSR count). The molecule has 1 aromatic carbocycles. The lowest BCUT2D eigenvalue weighted by molar-refractivity contribution is -0.122. The summed E-state index contributed by atoms with van der Waals surface area (Å²) in [5.41, 5.74) is 2.00. The number of hydrogen-bond donors (Lipinski definition) is 1. The van der Waals surface area contributed by atoms with Gasteiger partial charge in [-0.15, -0.1) is 11.3 Å². The van der Waals surface area contributed by atoms with Crippen LogP contribution in [-0.4, -0.2) is 22.0 Å². The first-order chi connectivity index (χ1) is 12.2. The molecule has 0 unspecified atom stereocenters. The maximum Gasteiger partial charge on any atom is 0.266 e. The van der Waals surface area contributed by atoms with E-state index in [-0.39, 0.29) is 5.91 Å². The van der Waals surface area contributed by atoms with E-state index in [9.17, 15) is 4.79 Å². The molecule has 6 nitrogen and oxygen atoms in total. The van der Waals surface area contributed by atoms with Crippen molar-refractivity contribution in [3.8, 4) is 23.2 Å². The summed E-state index contributed by atoms with van der Waals surface area (Å²) in [6, 6.07) is 14.2. The summed E-state index contributed by atoms with van der Waals surface area (Å²) < 4.78 is 5.58. The highest BCUT2D eigenvalue weighted by atomic mass is 32.1. The monoisotopic (exact) mass is 350 g/mol. The predicted molar refractivity (Wildman–Crippen MR) is 95.2 cm³/mol. The maximum atomic E-state index is 12.2. The third-order valence-electron chi connectivity index (χ3n) is 3.33. The minimum atomic E-state index is -0.699. The van der Waals surface area contributed by atoms with Crippen LogP contribution < -0.4 is 10.1 Å². The second kappa shape index (κ2) is 7.55. The zero-order valence-corrected chi connectivity index (χ0v) is 14.2. The van der Waals surface area contributed by atoms with Crippen molar-refractivity contribution in [2.75, 3.05) is 5.32 Å². The molecular formula is C18H14N4O2S. The van der Waals surface area contributed by atoms with Gasteiger partial charge in [0.1, 0.15) is 11.4 Å². The fourth-order valence-electron chi connectivity index (χ4n) is 2.04. The van der Waals surface area contributed by atoms with Gasteiger partial charge in [0.05, 0.1) is 17.3 Å². The molecule has 1 amide bonds. The van der Waals surface area contributed by atoms with E-state index < -0.39 is 6.10 Å². The molecule has 1 atom stereocenters. The topological polar surface area (TPSA) is 87.9 Å². The smallest absolute Gasteiger partial charge is 0.266 e. The number of nitrogens with one attached hydrogen (secondary N) is 1. The van der Waals surface area contributed by atoms with E-state index in [2.05, 4.69) is 15.3 Å². The largest absolute Gasteiger partial charge is 0.481 e. The molecule has 0 saturated heterocycles. The number of carbonyl (C=O) groups is 1. The molecule has 7 heteroatoms. The van der Waals surface area contributed by atoms with E-state index in [4.69, 9.17) is 10.00 Å². The van der Waals surface area contributed by atoms with Crippen molar-refractivity contribution in [1.29, 1.82) is 5.26 Å². The molecule has 2 aromatic heterocycles. The molecule has 0 radical (unpaired) electrons. The van der Waals surface area contributed by atoms with Gasteiger partial charge in [-0.1, -0.05) is 6.07 Å². The van der Waals surface area contributed by atoms with Crippen LogP contribution in [0.5, 0.6) is 5.75 Å². The summed E-state index contributed by atoms with van der Waals surface area (Å²) in [7, 11) is 0. The maximum absolute atomic E-state index is 12.2. The number of nitrogens with zero attached hydrogens (tertiary/aromatic N) is 3. The van der Waals surface area contributed by atoms with Crippen molar-refractivity contribution in [3.63, 3.8) is 0 Å². The average Bonchev–Trinajstić information content (AvgIpc) is 3.11. The van der Waals surface area contributed by atoms with Gasteiger partial charge in [-0.05, 0) is 43.3 Å². The molecular weight excluding hydrogens is 336 g/mol. The SMILES string of the molecule is C[C@@H](Oc1ccc(C#N)cc1)C(=O)Nc1nc(-c2ccccn2)cs1. The number of pyridine rings is 1. The zero-order chi connectivity index (χ0) is 17.6. The van der Waals surface area contributed by atoms with Crippen molar-refractivity contribution in [1.82, 2.24) is 9.97 Å². The number of nitriles is 1. The number of thiazole rings is 1. The fourth-order valence-corrected chi connectivity index (χ4v) is 2.74. The molecule has 0 saturated carbocycles. The summed E-state index contributed by atoms with van der Waals surface area (Å²) in [5.74, 6) is 0.223. The zero-order valence-electron chi connectivity index (χ0n) is 13.3. The van der Waals surface area contributed by atoms with Gasteiger partial charge in [-0.3, -0.25) is 15.1 Å². The van der Waals surface area contributed by atoms with Crippen molar-refractivity contribution in [3.05, 3.63) is 59.6 Å². The molecule has 3 aromatic rings. The highest BCUT2D eigenvalue weighted by Gasteiger charge is 2.17. The second-order valence-electron chi connectivity index (χ2n) is 5.14. The van der Waals surface area contributed by atoms with Crippen LogP contribution in [-0.2, 0) is 4.79 Å². The minimum Gasteiger partial charge on any atom is -0.481 e. The fraction of sp³-hybridized carbons (Fsp3) is 0.111. The Labute approximate surface area is 148 Å². The van der Waals surface area contributed by atoms with Crippen molar-refractivity contribution >= 4 is 22.4 Å². The molecule has 0 spiro atoms. The Hall–Kier alpha value is -3.24. The highest BCUT2D eigenvalue weighted by Crippen LogP contribution is 2.23. The van der Waals surface area contributed by atoms with Crippen molar-refractivity contribution in [2.45, 2.75) is 13.0 Å². The van der Waals surface area contributed by atoms with Crippen molar-refractivity contribution in [2.24, 2.45) is 0 Å². The standard InChI is InChI=1S/C18H14N4O2S/c1-12(24-14-7-5-13(10-19)6-8-14)17(23)22-18-21-16(11-25-18)15-4-2-3-9-20-15/h2-9,11-12H,1H3,(H,21,22,23)/t12-/m1/s1. The summed E-state index contributed by atoms with van der Waals surface area (Å²) in [5, 5.41) is 13.8. The number of ether oxygens (including phenoxy) is 1. The van der Waals surface area contributed by atoms with Gasteiger partial charge in [0.2, 0.25) is 0 Å². The Morgan fingerprint density at radius 3 is 2.72 bits per heavy atom. The second-order valence-corrected chi connectivity index (χ2v) is 6.00. The molecule has 2 heterocycles. The van der Waals surface area contributed by atoms with Crippen LogP contribution in [0, 0.1) is 11.3 Å². The first-order valence-corrected chi connectivity index (χ1v) is 8.38. The van der Waals surface area contributed by atoms with Crippen LogP contribution in [0.15, 0.2) is 54.0 Å². The van der Waals surface area contributed by atoms with E-state index in [0.717, 1.165) is 5.69 Å². The summed E-state index contributed by atoms with van der Waals surface area (Å²) >= 11 is 1.33. The van der Waals surface area contributed by atoms with Gasteiger partial charge in [-0.25, -0.2) is 4.98 Å². The predicted octanol–water partition coefficient (Wildman–Crippen LogP) is 3.48. The Morgan fingerprint density at radius 2 is 2.04 bits per heavy atom. The first kappa shape index (κ1) is 16.6. The Kier molecular flexibility index (Phi) is 5.02. The molecule has 25 heavy (non-hydrogen) atoms. The van der Waals surface area contributed by atoms with Gasteiger partial charge in [0.25, 0.3) is 5.91 Å². The third-order valence-corrected chi connectivity index (χ3v) is 4.08. The van der Waals surface area contributed by atoms with E-state index in [1.165, 1.54) is 11.3 Å². The quantitative estimate of drug-likeness (QED) is 0.761. The van der Waals surface area contributed by atoms with E-state index in [0.29, 0.717) is 22.1 Å². The average molecular weight is 350 g/mol. The number of hydrogen-bond acceptors (Lipinski definition) is 6. The van der Waals surface area contributed by atoms with Crippen LogP contribution in [0.3, 0.4) is 0 Å². The molecule has 0 aliphatic carbocycles. The number of benzene rings is 1. The summed E-state index contributed by atoms with van der Waals surface area (Å²) in [4.78, 5) is 20.8. The lowest BCUT2D eigenvalue weighted by Gasteiger charge is -2.13. The van der Waals surface area contributed by atoms with Crippen LogP contribution in [0.1, 0.15) is 12.5 Å². The van der Waals surface area contributed by atoms with Crippen LogP contribution in [0.4, 0.5) is 5.13 Å². The molecule has 0 fully saturated rings. The molecule has 124 valence electrons. The molecule has 0 bridgehead atoms. The number of carbonyl (C=O) groups excluding carboxylic acids is 1. The highest BCUT2D eigenvalue weighted by molar-refractivity contribution is 7.14. The van der Waals surface area contributed by atoms with Gasteiger partial charge < -0.3 is 4.74 Å². The number of amides is 1. The van der Waals surface area contributed by atoms with Crippen LogP contribution in [0.25, 0.3) is 11.4 Å². The molecule has 0 aliphatic rings. The van der Waals surface area contributed by atoms with E-state index in [1.54, 1.807) is 37.4 Å².